The number of hydrogen-bond acceptors (Lipinski definition) is 4. The van der Waals surface area contributed by atoms with E-state index < -0.39 is 12.1 Å². The van der Waals surface area contributed by atoms with Gasteiger partial charge in [-0.15, -0.1) is 0 Å². The number of hydrogen-bond donors (Lipinski definition) is 2. The van der Waals surface area contributed by atoms with Crippen LogP contribution in [0.25, 0.3) is 0 Å². The lowest BCUT2D eigenvalue weighted by atomic mass is 10.2. The van der Waals surface area contributed by atoms with Gasteiger partial charge in [0.1, 0.15) is 0 Å². The highest BCUT2D eigenvalue weighted by atomic mass is 16.5. The van der Waals surface area contributed by atoms with Gasteiger partial charge >= 0.3 is 12.0 Å². The summed E-state index contributed by atoms with van der Waals surface area (Å²) in [6.45, 7) is 3.71. The second-order valence-corrected chi connectivity index (χ2v) is 4.27. The van der Waals surface area contributed by atoms with Crippen molar-refractivity contribution in [1.29, 1.82) is 0 Å². The summed E-state index contributed by atoms with van der Waals surface area (Å²) in [7, 11) is 1.43. The molecule has 0 spiro atoms. The number of aliphatic carboxylic acids is 1. The second kappa shape index (κ2) is 7.17. The molecule has 0 aromatic rings. The number of nitrogens with zero attached hydrogens (tertiary/aromatic N) is 1. The molecule has 1 aliphatic heterocycles. The van der Waals surface area contributed by atoms with E-state index in [9.17, 15) is 9.59 Å². The Bertz CT molecular complexity index is 297. The normalized spacial score (nSPS) is 21.4. The third-order valence-corrected chi connectivity index (χ3v) is 2.74. The summed E-state index contributed by atoms with van der Waals surface area (Å²) in [5.41, 5.74) is 0. The fourth-order valence-electron chi connectivity index (χ4n) is 1.75. The quantitative estimate of drug-likeness (QED) is 0.721. The van der Waals surface area contributed by atoms with E-state index in [-0.39, 0.29) is 25.1 Å². The molecule has 1 fully saturated rings. The van der Waals surface area contributed by atoms with Gasteiger partial charge in [0, 0.05) is 26.7 Å². The lowest BCUT2D eigenvalue weighted by Crippen LogP contribution is -2.50. The van der Waals surface area contributed by atoms with E-state index in [2.05, 4.69) is 5.32 Å². The zero-order valence-corrected chi connectivity index (χ0v) is 10.7. The van der Waals surface area contributed by atoms with Crippen LogP contribution in [0.5, 0.6) is 0 Å². The molecule has 7 nitrogen and oxygen atoms in total. The minimum atomic E-state index is -0.948. The number of carboxylic acid groups (broad SMARTS) is 1. The first kappa shape index (κ1) is 14.7. The van der Waals surface area contributed by atoms with E-state index in [1.807, 2.05) is 6.92 Å². The second-order valence-electron chi connectivity index (χ2n) is 4.27. The van der Waals surface area contributed by atoms with E-state index in [0.717, 1.165) is 0 Å². The molecule has 0 aliphatic carbocycles. The lowest BCUT2D eigenvalue weighted by Gasteiger charge is -2.31. The summed E-state index contributed by atoms with van der Waals surface area (Å²) in [6, 6.07) is -0.211. The van der Waals surface area contributed by atoms with E-state index in [0.29, 0.717) is 19.7 Å². The number of ether oxygens (including phenoxy) is 2. The average Bonchev–Trinajstić information content (AvgIpc) is 2.33. The number of morpholine rings is 1. The smallest absolute Gasteiger partial charge is 0.317 e. The highest BCUT2D eigenvalue weighted by Crippen LogP contribution is 2.04. The number of nitrogens with one attached hydrogen (secondary N) is 1. The number of carboxylic acids is 1. The maximum absolute atomic E-state index is 11.8. The molecular formula is C11H20N2O5. The zero-order valence-electron chi connectivity index (χ0n) is 10.7. The van der Waals surface area contributed by atoms with Crippen LogP contribution in [0.2, 0.25) is 0 Å². The van der Waals surface area contributed by atoms with Crippen molar-refractivity contribution in [2.24, 2.45) is 0 Å². The van der Waals surface area contributed by atoms with Gasteiger partial charge in [0.05, 0.1) is 25.2 Å². The largest absolute Gasteiger partial charge is 0.481 e. The van der Waals surface area contributed by atoms with Crippen LogP contribution >= 0.6 is 0 Å². The molecule has 0 saturated carbocycles. The molecule has 2 amide bonds. The molecule has 1 rings (SSSR count). The first-order valence-corrected chi connectivity index (χ1v) is 5.92. The number of amides is 2. The van der Waals surface area contributed by atoms with Crippen LogP contribution in [-0.4, -0.2) is 67.6 Å². The zero-order chi connectivity index (χ0) is 13.5. The summed E-state index contributed by atoms with van der Waals surface area (Å²) >= 11 is 0. The molecule has 0 aromatic carbocycles. The van der Waals surface area contributed by atoms with Crippen LogP contribution in [0.15, 0.2) is 0 Å². The van der Waals surface area contributed by atoms with Crippen LogP contribution in [0, 0.1) is 0 Å². The number of rotatable bonds is 5. The molecule has 2 N–H and O–H groups in total. The number of carbonyl (C=O) groups excluding carboxylic acids is 1. The first-order valence-electron chi connectivity index (χ1n) is 5.92. The molecule has 0 radical (unpaired) electrons. The van der Waals surface area contributed by atoms with Crippen molar-refractivity contribution < 1.29 is 24.2 Å². The van der Waals surface area contributed by atoms with E-state index in [1.54, 1.807) is 4.90 Å². The number of methoxy groups -OCH3 is 1. The van der Waals surface area contributed by atoms with Gasteiger partial charge in [-0.3, -0.25) is 4.79 Å². The van der Waals surface area contributed by atoms with E-state index in [4.69, 9.17) is 14.6 Å². The molecule has 0 bridgehead atoms. The van der Waals surface area contributed by atoms with Gasteiger partial charge in [0.15, 0.2) is 0 Å². The summed E-state index contributed by atoms with van der Waals surface area (Å²) in [6.07, 6.45) is -0.609. The maximum Gasteiger partial charge on any atom is 0.317 e. The average molecular weight is 260 g/mol. The van der Waals surface area contributed by atoms with Crippen molar-refractivity contribution in [2.75, 3.05) is 33.4 Å². The summed E-state index contributed by atoms with van der Waals surface area (Å²) in [5.74, 6) is -0.948. The Morgan fingerprint density at radius 2 is 2.33 bits per heavy atom. The SMILES string of the molecule is COC(CNC(=O)N1CCOC(C)C1)CC(=O)O. The Kier molecular flexibility index (Phi) is 5.87. The van der Waals surface area contributed by atoms with Crippen LogP contribution in [-0.2, 0) is 14.3 Å². The minimum absolute atomic E-state index is 0.0294. The van der Waals surface area contributed by atoms with Crippen molar-refractivity contribution in [3.05, 3.63) is 0 Å². The Hall–Kier alpha value is -1.34. The van der Waals surface area contributed by atoms with E-state index in [1.165, 1.54) is 7.11 Å². The van der Waals surface area contributed by atoms with Gasteiger partial charge in [0.25, 0.3) is 0 Å². The van der Waals surface area contributed by atoms with Crippen molar-refractivity contribution >= 4 is 12.0 Å². The Labute approximate surface area is 106 Å². The highest BCUT2D eigenvalue weighted by molar-refractivity contribution is 5.74. The molecule has 104 valence electrons. The van der Waals surface area contributed by atoms with Gasteiger partial charge in [-0.2, -0.15) is 0 Å². The Morgan fingerprint density at radius 1 is 1.61 bits per heavy atom. The number of urea groups is 1. The van der Waals surface area contributed by atoms with Crippen molar-refractivity contribution in [3.8, 4) is 0 Å². The summed E-state index contributed by atoms with van der Waals surface area (Å²) in [4.78, 5) is 24.0. The standard InChI is InChI=1S/C11H20N2O5/c1-8-7-13(3-4-18-8)11(16)12-6-9(17-2)5-10(14)15/h8-9H,3-7H2,1-2H3,(H,12,16)(H,14,15). The molecule has 2 unspecified atom stereocenters. The van der Waals surface area contributed by atoms with Crippen LogP contribution < -0.4 is 5.32 Å². The fraction of sp³-hybridized carbons (Fsp3) is 0.818. The predicted molar refractivity (Wildman–Crippen MR) is 63.4 cm³/mol. The van der Waals surface area contributed by atoms with E-state index >= 15 is 0 Å². The predicted octanol–water partition coefficient (Wildman–Crippen LogP) is -0.0936. The molecule has 2 atom stereocenters. The van der Waals surface area contributed by atoms with Crippen molar-refractivity contribution in [1.82, 2.24) is 10.2 Å². The minimum Gasteiger partial charge on any atom is -0.481 e. The van der Waals surface area contributed by atoms with Crippen LogP contribution in [0.4, 0.5) is 4.79 Å². The fourth-order valence-corrected chi connectivity index (χ4v) is 1.75. The number of carbonyl (C=O) groups is 2. The van der Waals surface area contributed by atoms with Gasteiger partial charge in [-0.1, -0.05) is 0 Å². The Balaban J connectivity index is 2.32. The summed E-state index contributed by atoms with van der Waals surface area (Å²) < 4.78 is 10.3. The Morgan fingerprint density at radius 3 is 2.89 bits per heavy atom. The third kappa shape index (κ3) is 4.89. The highest BCUT2D eigenvalue weighted by Gasteiger charge is 2.22. The van der Waals surface area contributed by atoms with Gasteiger partial charge in [-0.25, -0.2) is 4.79 Å². The maximum atomic E-state index is 11.8. The van der Waals surface area contributed by atoms with Crippen molar-refractivity contribution in [3.63, 3.8) is 0 Å². The lowest BCUT2D eigenvalue weighted by molar-refractivity contribution is -0.139. The summed E-state index contributed by atoms with van der Waals surface area (Å²) in [5, 5.41) is 11.3. The molecule has 1 saturated heterocycles. The van der Waals surface area contributed by atoms with Gasteiger partial charge < -0.3 is 24.8 Å². The molecule has 0 aromatic heterocycles. The van der Waals surface area contributed by atoms with Crippen LogP contribution in [0.3, 0.4) is 0 Å². The topological polar surface area (TPSA) is 88.1 Å². The molecule has 1 heterocycles. The molecule has 1 aliphatic rings. The third-order valence-electron chi connectivity index (χ3n) is 2.74. The van der Waals surface area contributed by atoms with Crippen molar-refractivity contribution in [2.45, 2.75) is 25.6 Å². The first-order chi connectivity index (χ1) is 8.52. The molecule has 7 heteroatoms. The van der Waals surface area contributed by atoms with Gasteiger partial charge in [-0.05, 0) is 6.92 Å². The van der Waals surface area contributed by atoms with Gasteiger partial charge in [0.2, 0.25) is 0 Å². The molecular weight excluding hydrogens is 240 g/mol. The monoisotopic (exact) mass is 260 g/mol. The van der Waals surface area contributed by atoms with Crippen LogP contribution in [0.1, 0.15) is 13.3 Å². The molecule has 18 heavy (non-hydrogen) atoms.